The van der Waals surface area contributed by atoms with Crippen LogP contribution in [0.4, 0.5) is 0 Å². The molecule has 0 aliphatic heterocycles. The van der Waals surface area contributed by atoms with E-state index in [1.54, 1.807) is 0 Å². The van der Waals surface area contributed by atoms with Gasteiger partial charge in [-0.3, -0.25) is 0 Å². The summed E-state index contributed by atoms with van der Waals surface area (Å²) in [7, 11) is 0. The van der Waals surface area contributed by atoms with Crippen molar-refractivity contribution in [2.24, 2.45) is 5.92 Å². The van der Waals surface area contributed by atoms with E-state index in [1.807, 2.05) is 36.7 Å². The van der Waals surface area contributed by atoms with Crippen LogP contribution in [0, 0.1) is 5.92 Å². The number of nitrogens with zero attached hydrogens (tertiary/aromatic N) is 2. The highest BCUT2D eigenvalue weighted by Gasteiger charge is 2.23. The first-order valence-electron chi connectivity index (χ1n) is 10.3. The van der Waals surface area contributed by atoms with Gasteiger partial charge in [-0.25, -0.2) is 14.8 Å². The lowest BCUT2D eigenvalue weighted by molar-refractivity contribution is 0.0164. The summed E-state index contributed by atoms with van der Waals surface area (Å²) in [6.45, 7) is 4.42. The molecule has 1 aliphatic rings. The van der Waals surface area contributed by atoms with E-state index < -0.39 is 0 Å². The summed E-state index contributed by atoms with van der Waals surface area (Å²) < 4.78 is 5.70. The minimum atomic E-state index is -0.225. The number of benzene rings is 1. The van der Waals surface area contributed by atoms with E-state index in [2.05, 4.69) is 23.8 Å². The Morgan fingerprint density at radius 3 is 2.30 bits per heavy atom. The van der Waals surface area contributed by atoms with Crippen molar-refractivity contribution < 1.29 is 9.53 Å². The molecule has 4 heteroatoms. The lowest BCUT2D eigenvalue weighted by Gasteiger charge is -2.27. The maximum Gasteiger partial charge on any atom is 0.338 e. The molecule has 0 unspecified atom stereocenters. The highest BCUT2D eigenvalue weighted by atomic mass is 16.5. The van der Waals surface area contributed by atoms with E-state index >= 15 is 0 Å². The van der Waals surface area contributed by atoms with E-state index in [0.29, 0.717) is 11.4 Å². The summed E-state index contributed by atoms with van der Waals surface area (Å²) in [5.41, 5.74) is 2.67. The molecule has 0 radical (unpaired) electrons. The fraction of sp³-hybridized carbons (Fsp3) is 0.522. The molecule has 0 atom stereocenters. The van der Waals surface area contributed by atoms with Gasteiger partial charge < -0.3 is 4.74 Å². The van der Waals surface area contributed by atoms with Gasteiger partial charge in [-0.1, -0.05) is 38.8 Å². The molecular formula is C23H30N2O2. The molecule has 0 amide bonds. The first-order valence-corrected chi connectivity index (χ1v) is 10.3. The maximum absolute atomic E-state index is 12.4. The Morgan fingerprint density at radius 1 is 1.04 bits per heavy atom. The van der Waals surface area contributed by atoms with Gasteiger partial charge in [0.25, 0.3) is 0 Å². The van der Waals surface area contributed by atoms with Crippen molar-refractivity contribution in [3.8, 4) is 11.4 Å². The monoisotopic (exact) mass is 366 g/mol. The predicted octanol–water partition coefficient (Wildman–Crippen LogP) is 5.61. The molecule has 0 saturated heterocycles. The van der Waals surface area contributed by atoms with Gasteiger partial charge in [0.1, 0.15) is 6.10 Å². The van der Waals surface area contributed by atoms with Crippen molar-refractivity contribution in [3.63, 3.8) is 0 Å². The molecule has 1 fully saturated rings. The van der Waals surface area contributed by atoms with Crippen molar-refractivity contribution >= 4 is 5.97 Å². The van der Waals surface area contributed by atoms with Crippen molar-refractivity contribution in [1.29, 1.82) is 0 Å². The Bertz CT molecular complexity index is 717. The Morgan fingerprint density at radius 2 is 1.70 bits per heavy atom. The Kier molecular flexibility index (Phi) is 6.97. The van der Waals surface area contributed by atoms with Crippen LogP contribution in [0.5, 0.6) is 0 Å². The minimum Gasteiger partial charge on any atom is -0.459 e. The lowest BCUT2D eigenvalue weighted by atomic mass is 9.86. The average Bonchev–Trinajstić information content (AvgIpc) is 2.73. The first kappa shape index (κ1) is 19.5. The second kappa shape index (κ2) is 9.63. The van der Waals surface area contributed by atoms with Crippen molar-refractivity contribution in [1.82, 2.24) is 9.97 Å². The molecular weight excluding hydrogens is 336 g/mol. The van der Waals surface area contributed by atoms with Gasteiger partial charge in [0.05, 0.1) is 5.56 Å². The van der Waals surface area contributed by atoms with Crippen LogP contribution in [0.2, 0.25) is 0 Å². The number of aromatic nitrogens is 2. The molecule has 0 bridgehead atoms. The van der Waals surface area contributed by atoms with Crippen LogP contribution in [0.25, 0.3) is 11.4 Å². The van der Waals surface area contributed by atoms with Crippen LogP contribution in [0.15, 0.2) is 36.7 Å². The zero-order chi connectivity index (χ0) is 19.1. The van der Waals surface area contributed by atoms with Crippen LogP contribution in [0.1, 0.15) is 74.7 Å². The number of esters is 1. The van der Waals surface area contributed by atoms with E-state index in [-0.39, 0.29) is 12.1 Å². The van der Waals surface area contributed by atoms with E-state index in [0.717, 1.165) is 37.2 Å². The molecule has 1 aliphatic carbocycles. The smallest absolute Gasteiger partial charge is 0.338 e. The number of unbranched alkanes of at least 4 members (excludes halogenated alkanes) is 1. The third-order valence-electron chi connectivity index (χ3n) is 5.55. The first-order chi connectivity index (χ1) is 13.2. The van der Waals surface area contributed by atoms with Gasteiger partial charge in [-0.2, -0.15) is 0 Å². The topological polar surface area (TPSA) is 52.1 Å². The Labute approximate surface area is 162 Å². The molecule has 4 nitrogen and oxygen atoms in total. The van der Waals surface area contributed by atoms with Crippen LogP contribution < -0.4 is 0 Å². The highest BCUT2D eigenvalue weighted by Crippen LogP contribution is 2.28. The quantitative estimate of drug-likeness (QED) is 0.598. The van der Waals surface area contributed by atoms with E-state index in [1.165, 1.54) is 31.2 Å². The molecule has 27 heavy (non-hydrogen) atoms. The number of rotatable bonds is 7. The summed E-state index contributed by atoms with van der Waals surface area (Å²) in [5.74, 6) is 1.26. The Hall–Kier alpha value is -2.23. The number of ether oxygens (including phenoxy) is 1. The van der Waals surface area contributed by atoms with Crippen LogP contribution >= 0.6 is 0 Å². The summed E-state index contributed by atoms with van der Waals surface area (Å²) in [5, 5.41) is 0. The third-order valence-corrected chi connectivity index (χ3v) is 5.55. The molecule has 1 aromatic carbocycles. The van der Waals surface area contributed by atoms with Crippen molar-refractivity contribution in [2.45, 2.75) is 71.3 Å². The molecule has 3 rings (SSSR count). The SMILES string of the molecule is CCCCc1cnc(-c2ccc(C(=O)OC3CCC(CC)CC3)cc2)nc1. The van der Waals surface area contributed by atoms with Crippen molar-refractivity contribution in [2.75, 3.05) is 0 Å². The fourth-order valence-electron chi connectivity index (χ4n) is 3.65. The second-order valence-corrected chi connectivity index (χ2v) is 7.55. The molecule has 2 aromatic rings. The summed E-state index contributed by atoms with van der Waals surface area (Å²) in [4.78, 5) is 21.3. The average molecular weight is 367 g/mol. The maximum atomic E-state index is 12.4. The standard InChI is InChI=1S/C23H30N2O2/c1-3-5-6-18-15-24-22(25-16-18)19-9-11-20(12-10-19)23(26)27-21-13-7-17(4-2)8-14-21/h9-12,15-17,21H,3-8,13-14H2,1-2H3. The predicted molar refractivity (Wildman–Crippen MR) is 108 cm³/mol. The Balaban J connectivity index is 1.57. The number of hydrogen-bond donors (Lipinski definition) is 0. The summed E-state index contributed by atoms with van der Waals surface area (Å²) in [6.07, 6.45) is 12.7. The minimum absolute atomic E-state index is 0.0685. The largest absolute Gasteiger partial charge is 0.459 e. The van der Waals surface area contributed by atoms with Gasteiger partial charge in [0.2, 0.25) is 0 Å². The molecule has 1 heterocycles. The number of hydrogen-bond acceptors (Lipinski definition) is 4. The summed E-state index contributed by atoms with van der Waals surface area (Å²) >= 11 is 0. The van der Waals surface area contributed by atoms with Gasteiger partial charge >= 0.3 is 5.97 Å². The van der Waals surface area contributed by atoms with Gasteiger partial charge in [0, 0.05) is 18.0 Å². The number of carbonyl (C=O) groups is 1. The number of carbonyl (C=O) groups excluding carboxylic acids is 1. The molecule has 1 aromatic heterocycles. The fourth-order valence-corrected chi connectivity index (χ4v) is 3.65. The lowest BCUT2D eigenvalue weighted by Crippen LogP contribution is -2.24. The van der Waals surface area contributed by atoms with E-state index in [9.17, 15) is 4.79 Å². The van der Waals surface area contributed by atoms with Crippen molar-refractivity contribution in [3.05, 3.63) is 47.8 Å². The number of aryl methyl sites for hydroxylation is 1. The second-order valence-electron chi connectivity index (χ2n) is 7.55. The molecule has 144 valence electrons. The molecule has 0 N–H and O–H groups in total. The normalized spacial score (nSPS) is 19.6. The zero-order valence-corrected chi connectivity index (χ0v) is 16.5. The van der Waals surface area contributed by atoms with Crippen LogP contribution in [-0.4, -0.2) is 22.0 Å². The van der Waals surface area contributed by atoms with Crippen LogP contribution in [0.3, 0.4) is 0 Å². The van der Waals surface area contributed by atoms with Crippen LogP contribution in [-0.2, 0) is 11.2 Å². The van der Waals surface area contributed by atoms with E-state index in [4.69, 9.17) is 4.74 Å². The van der Waals surface area contributed by atoms with Gasteiger partial charge in [0.15, 0.2) is 5.82 Å². The van der Waals surface area contributed by atoms with Gasteiger partial charge in [-0.05, 0) is 62.1 Å². The zero-order valence-electron chi connectivity index (χ0n) is 16.5. The van der Waals surface area contributed by atoms with Gasteiger partial charge in [-0.15, -0.1) is 0 Å². The third kappa shape index (κ3) is 5.38. The molecule has 1 saturated carbocycles. The highest BCUT2D eigenvalue weighted by molar-refractivity contribution is 5.90. The summed E-state index contributed by atoms with van der Waals surface area (Å²) in [6, 6.07) is 7.41. The molecule has 0 spiro atoms.